The quantitative estimate of drug-likeness (QED) is 0.621. The highest BCUT2D eigenvalue weighted by molar-refractivity contribution is 9.11. The topological polar surface area (TPSA) is 85.6 Å². The van der Waals surface area contributed by atoms with Gasteiger partial charge in [-0.2, -0.15) is 0 Å². The molecule has 0 fully saturated rings. The number of carbonyl (C=O) groups excluding carboxylic acids is 3. The highest BCUT2D eigenvalue weighted by Gasteiger charge is 2.14. The molecule has 21 heavy (non-hydrogen) atoms. The first kappa shape index (κ1) is 15.5. The molecule has 0 aromatic carbocycles. The van der Waals surface area contributed by atoms with Crippen LogP contribution in [0.3, 0.4) is 0 Å². The van der Waals surface area contributed by atoms with Crippen molar-refractivity contribution >= 4 is 44.9 Å². The summed E-state index contributed by atoms with van der Waals surface area (Å²) in [5.41, 5.74) is 0. The summed E-state index contributed by atoms with van der Waals surface area (Å²) in [5, 5.41) is 2.33. The second-order valence-electron chi connectivity index (χ2n) is 3.85. The molecule has 0 bridgehead atoms. The minimum Gasteiger partial charge on any atom is -0.459 e. The van der Waals surface area contributed by atoms with Crippen molar-refractivity contribution < 1.29 is 23.5 Å². The normalized spacial score (nSPS) is 10.1. The second-order valence-corrected chi connectivity index (χ2v) is 6.31. The fourth-order valence-corrected chi connectivity index (χ4v) is 2.69. The fraction of sp³-hybridized carbons (Fsp3) is 0.154. The zero-order valence-electron chi connectivity index (χ0n) is 10.6. The van der Waals surface area contributed by atoms with Gasteiger partial charge in [0.15, 0.2) is 12.4 Å². The lowest BCUT2D eigenvalue weighted by Crippen LogP contribution is -2.31. The summed E-state index contributed by atoms with van der Waals surface area (Å²) in [4.78, 5) is 35.1. The van der Waals surface area contributed by atoms with Gasteiger partial charge in [-0.3, -0.25) is 14.4 Å². The number of halogens is 1. The standard InChI is InChI=1S/C13H10BrNO5S/c14-11-4-3-10(21-11)8(16)7-20-12(17)6-15-13(18)9-2-1-5-19-9/h1-5H,6-7H2,(H,15,18). The Labute approximate surface area is 132 Å². The molecule has 0 aliphatic carbocycles. The maximum Gasteiger partial charge on any atom is 0.325 e. The van der Waals surface area contributed by atoms with Crippen LogP contribution in [0.4, 0.5) is 0 Å². The van der Waals surface area contributed by atoms with E-state index in [2.05, 4.69) is 21.2 Å². The third-order valence-electron chi connectivity index (χ3n) is 2.35. The van der Waals surface area contributed by atoms with E-state index in [-0.39, 0.29) is 24.7 Å². The molecule has 1 N–H and O–H groups in total. The number of hydrogen-bond donors (Lipinski definition) is 1. The molecule has 2 rings (SSSR count). The Morgan fingerprint density at radius 2 is 2.10 bits per heavy atom. The number of carbonyl (C=O) groups is 3. The molecular formula is C13H10BrNO5S. The zero-order chi connectivity index (χ0) is 15.2. The first-order valence-electron chi connectivity index (χ1n) is 5.82. The van der Waals surface area contributed by atoms with Crippen LogP contribution in [-0.2, 0) is 9.53 Å². The van der Waals surface area contributed by atoms with Gasteiger partial charge in [-0.15, -0.1) is 11.3 Å². The van der Waals surface area contributed by atoms with Crippen LogP contribution in [-0.4, -0.2) is 30.8 Å². The predicted octanol–water partition coefficient (Wildman–Crippen LogP) is 2.26. The van der Waals surface area contributed by atoms with Gasteiger partial charge in [0.2, 0.25) is 5.78 Å². The van der Waals surface area contributed by atoms with E-state index in [4.69, 9.17) is 9.15 Å². The van der Waals surface area contributed by atoms with Crippen LogP contribution < -0.4 is 5.32 Å². The number of Topliss-reactive ketones (excluding diaryl/α,β-unsaturated/α-hetero) is 1. The Hall–Kier alpha value is -1.93. The lowest BCUT2D eigenvalue weighted by Gasteiger charge is -2.04. The number of ether oxygens (including phenoxy) is 1. The number of furan rings is 1. The van der Waals surface area contributed by atoms with Crippen molar-refractivity contribution in [3.63, 3.8) is 0 Å². The smallest absolute Gasteiger partial charge is 0.325 e. The lowest BCUT2D eigenvalue weighted by molar-refractivity contribution is -0.141. The number of thiophene rings is 1. The number of rotatable bonds is 6. The van der Waals surface area contributed by atoms with E-state index in [0.717, 1.165) is 3.79 Å². The largest absolute Gasteiger partial charge is 0.459 e. The van der Waals surface area contributed by atoms with Crippen LogP contribution in [0.1, 0.15) is 20.2 Å². The highest BCUT2D eigenvalue weighted by atomic mass is 79.9. The van der Waals surface area contributed by atoms with Gasteiger partial charge < -0.3 is 14.5 Å². The molecule has 0 radical (unpaired) electrons. The summed E-state index contributed by atoms with van der Waals surface area (Å²) in [6.45, 7) is -0.691. The summed E-state index contributed by atoms with van der Waals surface area (Å²) in [6.07, 6.45) is 1.35. The van der Waals surface area contributed by atoms with E-state index >= 15 is 0 Å². The molecule has 0 unspecified atom stereocenters. The number of esters is 1. The van der Waals surface area contributed by atoms with Crippen LogP contribution >= 0.6 is 27.3 Å². The summed E-state index contributed by atoms with van der Waals surface area (Å²) in [5.74, 6) is -1.41. The van der Waals surface area contributed by atoms with Gasteiger partial charge in [0, 0.05) is 0 Å². The van der Waals surface area contributed by atoms with Gasteiger partial charge in [0.1, 0.15) is 6.54 Å². The van der Waals surface area contributed by atoms with E-state index in [0.29, 0.717) is 4.88 Å². The summed E-state index contributed by atoms with van der Waals surface area (Å²) in [7, 11) is 0. The molecule has 110 valence electrons. The van der Waals surface area contributed by atoms with Crippen molar-refractivity contribution in [2.24, 2.45) is 0 Å². The molecule has 1 amide bonds. The lowest BCUT2D eigenvalue weighted by atomic mass is 10.3. The van der Waals surface area contributed by atoms with Gasteiger partial charge in [-0.1, -0.05) is 0 Å². The Morgan fingerprint density at radius 1 is 1.29 bits per heavy atom. The predicted molar refractivity (Wildman–Crippen MR) is 78.3 cm³/mol. The third kappa shape index (κ3) is 4.54. The SMILES string of the molecule is O=C(CNC(=O)c1ccco1)OCC(=O)c1ccc(Br)s1. The Kier molecular flexibility index (Phi) is 5.29. The van der Waals surface area contributed by atoms with Gasteiger partial charge in [0.25, 0.3) is 5.91 Å². The molecule has 0 aliphatic heterocycles. The van der Waals surface area contributed by atoms with Gasteiger partial charge >= 0.3 is 5.97 Å². The molecule has 6 nitrogen and oxygen atoms in total. The second kappa shape index (κ2) is 7.19. The average Bonchev–Trinajstić information content (AvgIpc) is 3.13. The summed E-state index contributed by atoms with van der Waals surface area (Å²) >= 11 is 4.50. The van der Waals surface area contributed by atoms with Crippen molar-refractivity contribution in [2.45, 2.75) is 0 Å². The Morgan fingerprint density at radius 3 is 2.71 bits per heavy atom. The van der Waals surface area contributed by atoms with Gasteiger partial charge in [0.05, 0.1) is 14.9 Å². The summed E-state index contributed by atoms with van der Waals surface area (Å²) < 4.78 is 10.5. The van der Waals surface area contributed by atoms with Crippen molar-refractivity contribution in [3.8, 4) is 0 Å². The molecular weight excluding hydrogens is 362 g/mol. The summed E-state index contributed by atoms with van der Waals surface area (Å²) in [6, 6.07) is 6.41. The van der Waals surface area contributed by atoms with Crippen LogP contribution in [0.5, 0.6) is 0 Å². The van der Waals surface area contributed by atoms with Crippen molar-refractivity contribution in [1.82, 2.24) is 5.32 Å². The number of hydrogen-bond acceptors (Lipinski definition) is 6. The van der Waals surface area contributed by atoms with Crippen LogP contribution in [0.2, 0.25) is 0 Å². The Balaban J connectivity index is 1.72. The van der Waals surface area contributed by atoms with E-state index in [9.17, 15) is 14.4 Å². The number of ketones is 1. The highest BCUT2D eigenvalue weighted by Crippen LogP contribution is 2.22. The molecule has 2 heterocycles. The monoisotopic (exact) mass is 371 g/mol. The van der Waals surface area contributed by atoms with Crippen LogP contribution in [0.15, 0.2) is 38.7 Å². The molecule has 0 spiro atoms. The maximum atomic E-state index is 11.7. The number of amides is 1. The maximum absolute atomic E-state index is 11.7. The minimum atomic E-state index is -0.695. The van der Waals surface area contributed by atoms with E-state index in [1.807, 2.05) is 0 Å². The van der Waals surface area contributed by atoms with E-state index in [1.54, 1.807) is 18.2 Å². The average molecular weight is 372 g/mol. The zero-order valence-corrected chi connectivity index (χ0v) is 13.0. The molecule has 2 aromatic rings. The molecule has 0 saturated carbocycles. The van der Waals surface area contributed by atoms with Gasteiger partial charge in [-0.25, -0.2) is 0 Å². The van der Waals surface area contributed by atoms with E-state index in [1.165, 1.54) is 23.7 Å². The molecule has 2 aromatic heterocycles. The van der Waals surface area contributed by atoms with Crippen LogP contribution in [0.25, 0.3) is 0 Å². The first-order valence-corrected chi connectivity index (χ1v) is 7.43. The molecule has 0 saturated heterocycles. The van der Waals surface area contributed by atoms with Crippen LogP contribution in [0, 0.1) is 0 Å². The van der Waals surface area contributed by atoms with Crippen molar-refractivity contribution in [1.29, 1.82) is 0 Å². The molecule has 0 atom stereocenters. The van der Waals surface area contributed by atoms with Crippen molar-refractivity contribution in [3.05, 3.63) is 45.0 Å². The third-order valence-corrected chi connectivity index (χ3v) is 4.02. The van der Waals surface area contributed by atoms with Crippen molar-refractivity contribution in [2.75, 3.05) is 13.2 Å². The van der Waals surface area contributed by atoms with Gasteiger partial charge in [-0.05, 0) is 40.2 Å². The number of nitrogens with one attached hydrogen (secondary N) is 1. The van der Waals surface area contributed by atoms with E-state index < -0.39 is 11.9 Å². The molecule has 8 heteroatoms. The Bertz CT molecular complexity index is 649. The molecule has 0 aliphatic rings. The minimum absolute atomic E-state index is 0.0994. The first-order chi connectivity index (χ1) is 10.1. The fourth-order valence-electron chi connectivity index (χ4n) is 1.38.